The lowest BCUT2D eigenvalue weighted by atomic mass is 10.1. The van der Waals surface area contributed by atoms with E-state index in [2.05, 4.69) is 44.8 Å². The molecule has 1 heterocycles. The monoisotopic (exact) mass is 370 g/mol. The Bertz CT molecular complexity index is 995. The van der Waals surface area contributed by atoms with Crippen LogP contribution in [0.2, 0.25) is 0 Å². The lowest BCUT2D eigenvalue weighted by Crippen LogP contribution is -2.13. The first-order chi connectivity index (χ1) is 11.8. The normalized spacial score (nSPS) is 12.3. The highest BCUT2D eigenvalue weighted by Gasteiger charge is 2.09. The molecule has 1 amide bonds. The fourth-order valence-corrected chi connectivity index (χ4v) is 4.52. The van der Waals surface area contributed by atoms with Crippen molar-refractivity contribution in [3.63, 3.8) is 0 Å². The molecule has 0 aliphatic rings. The van der Waals surface area contributed by atoms with Crippen molar-refractivity contribution in [1.29, 1.82) is 0 Å². The molecule has 3 aromatic rings. The number of fused-ring (bicyclic) bond motifs is 1. The number of thiazole rings is 1. The van der Waals surface area contributed by atoms with Crippen LogP contribution in [0, 0.1) is 13.8 Å². The zero-order valence-corrected chi connectivity index (χ0v) is 16.8. The molecule has 0 spiro atoms. The number of rotatable bonds is 3. The Kier molecular flexibility index (Phi) is 5.16. The van der Waals surface area contributed by atoms with E-state index in [9.17, 15) is 4.79 Å². The standard InChI is InChI=1S/C20H22N2OS2/c1-12(2)24-16-8-6-15(7-9-16)19(23)21-20-22(5)17-10-13(3)14(4)11-18(17)25-20/h6-12H,1-5H3. The van der Waals surface area contributed by atoms with Gasteiger partial charge >= 0.3 is 0 Å². The van der Waals surface area contributed by atoms with Gasteiger partial charge in [-0.15, -0.1) is 11.8 Å². The predicted octanol–water partition coefficient (Wildman–Crippen LogP) is 5.10. The first-order valence-corrected chi connectivity index (χ1v) is 9.97. The van der Waals surface area contributed by atoms with Gasteiger partial charge in [-0.3, -0.25) is 4.79 Å². The molecule has 0 aliphatic carbocycles. The van der Waals surface area contributed by atoms with E-state index in [1.807, 2.05) is 35.9 Å². The minimum absolute atomic E-state index is 0.198. The van der Waals surface area contributed by atoms with E-state index >= 15 is 0 Å². The zero-order valence-electron chi connectivity index (χ0n) is 15.2. The predicted molar refractivity (Wildman–Crippen MR) is 108 cm³/mol. The molecular formula is C20H22N2OS2. The van der Waals surface area contributed by atoms with Crippen LogP contribution in [0.4, 0.5) is 0 Å². The van der Waals surface area contributed by atoms with Crippen molar-refractivity contribution < 1.29 is 4.79 Å². The number of carbonyl (C=O) groups excluding carboxylic acids is 1. The molecule has 0 atom stereocenters. The molecule has 3 nitrogen and oxygen atoms in total. The van der Waals surface area contributed by atoms with Crippen LogP contribution in [0.1, 0.15) is 35.3 Å². The van der Waals surface area contributed by atoms with E-state index in [1.54, 1.807) is 23.1 Å². The van der Waals surface area contributed by atoms with Crippen LogP contribution in [0.3, 0.4) is 0 Å². The third-order valence-electron chi connectivity index (χ3n) is 4.10. The van der Waals surface area contributed by atoms with Crippen molar-refractivity contribution in [3.05, 3.63) is 57.9 Å². The van der Waals surface area contributed by atoms with Crippen LogP contribution in [0.5, 0.6) is 0 Å². The maximum absolute atomic E-state index is 12.5. The van der Waals surface area contributed by atoms with Crippen molar-refractivity contribution in [2.45, 2.75) is 37.8 Å². The number of aryl methyl sites for hydroxylation is 3. The van der Waals surface area contributed by atoms with E-state index in [-0.39, 0.29) is 5.91 Å². The van der Waals surface area contributed by atoms with Crippen LogP contribution in [0.25, 0.3) is 10.2 Å². The van der Waals surface area contributed by atoms with Gasteiger partial charge in [0.05, 0.1) is 10.2 Å². The minimum Gasteiger partial charge on any atom is -0.319 e. The second-order valence-electron chi connectivity index (χ2n) is 6.46. The zero-order chi connectivity index (χ0) is 18.1. The van der Waals surface area contributed by atoms with E-state index < -0.39 is 0 Å². The first-order valence-electron chi connectivity index (χ1n) is 8.27. The van der Waals surface area contributed by atoms with Gasteiger partial charge in [0.1, 0.15) is 0 Å². The van der Waals surface area contributed by atoms with E-state index in [0.717, 1.165) is 15.0 Å². The van der Waals surface area contributed by atoms with Crippen LogP contribution in [-0.4, -0.2) is 15.7 Å². The number of amides is 1. The molecule has 0 radical (unpaired) electrons. The molecule has 1 aromatic heterocycles. The summed E-state index contributed by atoms with van der Waals surface area (Å²) >= 11 is 3.34. The maximum Gasteiger partial charge on any atom is 0.279 e. The molecule has 0 unspecified atom stereocenters. The third-order valence-corrected chi connectivity index (χ3v) is 6.21. The highest BCUT2D eigenvalue weighted by atomic mass is 32.2. The van der Waals surface area contributed by atoms with Crippen molar-refractivity contribution in [2.75, 3.05) is 0 Å². The lowest BCUT2D eigenvalue weighted by Gasteiger charge is -2.04. The lowest BCUT2D eigenvalue weighted by molar-refractivity contribution is 0.0998. The average Bonchev–Trinajstić information content (AvgIpc) is 2.84. The quantitative estimate of drug-likeness (QED) is 0.601. The average molecular weight is 371 g/mol. The van der Waals surface area contributed by atoms with Crippen molar-refractivity contribution in [3.8, 4) is 0 Å². The summed E-state index contributed by atoms with van der Waals surface area (Å²) in [7, 11) is 1.96. The van der Waals surface area contributed by atoms with Gasteiger partial charge in [0.15, 0.2) is 4.80 Å². The van der Waals surface area contributed by atoms with Crippen LogP contribution in [0.15, 0.2) is 46.3 Å². The molecule has 2 aromatic carbocycles. The third kappa shape index (κ3) is 3.88. The Hall–Kier alpha value is -1.85. The highest BCUT2D eigenvalue weighted by molar-refractivity contribution is 7.99. The van der Waals surface area contributed by atoms with Gasteiger partial charge in [-0.05, 0) is 61.4 Å². The molecule has 3 rings (SSSR count). The fourth-order valence-electron chi connectivity index (χ4n) is 2.59. The largest absolute Gasteiger partial charge is 0.319 e. The highest BCUT2D eigenvalue weighted by Crippen LogP contribution is 2.23. The van der Waals surface area contributed by atoms with Gasteiger partial charge in [0, 0.05) is 22.8 Å². The van der Waals surface area contributed by atoms with Crippen LogP contribution >= 0.6 is 23.1 Å². The van der Waals surface area contributed by atoms with E-state index in [4.69, 9.17) is 0 Å². The molecule has 0 saturated carbocycles. The summed E-state index contributed by atoms with van der Waals surface area (Å²) in [5, 5.41) is 0.524. The Balaban J connectivity index is 1.96. The Morgan fingerprint density at radius 1 is 1.12 bits per heavy atom. The first kappa shape index (κ1) is 18.0. The number of carbonyl (C=O) groups is 1. The van der Waals surface area contributed by atoms with Gasteiger partial charge < -0.3 is 4.57 Å². The Morgan fingerprint density at radius 2 is 1.76 bits per heavy atom. The Labute approximate surface area is 156 Å². The summed E-state index contributed by atoms with van der Waals surface area (Å²) < 4.78 is 3.15. The van der Waals surface area contributed by atoms with Crippen molar-refractivity contribution in [2.24, 2.45) is 12.0 Å². The van der Waals surface area contributed by atoms with Crippen LogP contribution in [-0.2, 0) is 7.05 Å². The number of thioether (sulfide) groups is 1. The minimum atomic E-state index is -0.198. The second-order valence-corrected chi connectivity index (χ2v) is 9.11. The number of benzene rings is 2. The molecule has 130 valence electrons. The molecule has 0 bridgehead atoms. The molecule has 5 heteroatoms. The van der Waals surface area contributed by atoms with Gasteiger partial charge in [0.2, 0.25) is 0 Å². The smallest absolute Gasteiger partial charge is 0.279 e. The van der Waals surface area contributed by atoms with E-state index in [1.165, 1.54) is 16.0 Å². The second kappa shape index (κ2) is 7.18. The van der Waals surface area contributed by atoms with Gasteiger partial charge in [-0.1, -0.05) is 25.2 Å². The maximum atomic E-state index is 12.5. The molecule has 25 heavy (non-hydrogen) atoms. The summed E-state index contributed by atoms with van der Waals surface area (Å²) in [5.74, 6) is -0.198. The van der Waals surface area contributed by atoms with Crippen molar-refractivity contribution >= 4 is 39.2 Å². The number of nitrogens with zero attached hydrogens (tertiary/aromatic N) is 2. The molecule has 0 saturated heterocycles. The number of hydrogen-bond donors (Lipinski definition) is 0. The van der Waals surface area contributed by atoms with Crippen LogP contribution < -0.4 is 4.80 Å². The summed E-state index contributed by atoms with van der Waals surface area (Å²) in [6.45, 7) is 8.52. The number of aromatic nitrogens is 1. The summed E-state index contributed by atoms with van der Waals surface area (Å²) in [6, 6.07) is 12.0. The molecule has 0 aliphatic heterocycles. The summed E-state index contributed by atoms with van der Waals surface area (Å²) in [6.07, 6.45) is 0. The summed E-state index contributed by atoms with van der Waals surface area (Å²) in [4.78, 5) is 18.8. The van der Waals surface area contributed by atoms with Gasteiger partial charge in [0.25, 0.3) is 5.91 Å². The SMILES string of the molecule is Cc1cc2sc(=NC(=O)c3ccc(SC(C)C)cc3)n(C)c2cc1C. The summed E-state index contributed by atoms with van der Waals surface area (Å²) in [5.41, 5.74) is 4.24. The van der Waals surface area contributed by atoms with Gasteiger partial charge in [-0.2, -0.15) is 4.99 Å². The molecule has 0 fully saturated rings. The number of hydrogen-bond acceptors (Lipinski definition) is 3. The van der Waals surface area contributed by atoms with Gasteiger partial charge in [-0.25, -0.2) is 0 Å². The molecule has 0 N–H and O–H groups in total. The Morgan fingerprint density at radius 3 is 2.40 bits per heavy atom. The molecular weight excluding hydrogens is 348 g/mol. The van der Waals surface area contributed by atoms with E-state index in [0.29, 0.717) is 10.8 Å². The topological polar surface area (TPSA) is 34.4 Å². The fraction of sp³-hybridized carbons (Fsp3) is 0.300. The van der Waals surface area contributed by atoms with Crippen molar-refractivity contribution in [1.82, 2.24) is 4.57 Å².